The van der Waals surface area contributed by atoms with Crippen LogP contribution in [0.15, 0.2) is 41.8 Å². The van der Waals surface area contributed by atoms with Gasteiger partial charge in [-0.3, -0.25) is 20.4 Å². The van der Waals surface area contributed by atoms with Crippen molar-refractivity contribution in [3.8, 4) is 0 Å². The summed E-state index contributed by atoms with van der Waals surface area (Å²) in [6.45, 7) is 0. The van der Waals surface area contributed by atoms with Gasteiger partial charge in [-0.05, 0) is 35.4 Å². The van der Waals surface area contributed by atoms with Gasteiger partial charge in [0.15, 0.2) is 0 Å². The zero-order valence-electron chi connectivity index (χ0n) is 10.9. The molecule has 0 bridgehead atoms. The molecule has 4 nitrogen and oxygen atoms in total. The van der Waals surface area contributed by atoms with Crippen molar-refractivity contribution in [3.63, 3.8) is 0 Å². The van der Waals surface area contributed by atoms with Gasteiger partial charge in [-0.15, -0.1) is 11.3 Å². The number of carbonyl (C=O) groups is 2. The SMILES string of the molecule is CSCc1ccc(C(=O)NNC(=O)c2cccs2)cc1. The van der Waals surface area contributed by atoms with Crippen LogP contribution in [-0.4, -0.2) is 18.1 Å². The Morgan fingerprint density at radius 3 is 2.40 bits per heavy atom. The lowest BCUT2D eigenvalue weighted by Crippen LogP contribution is -2.41. The van der Waals surface area contributed by atoms with Crippen LogP contribution in [-0.2, 0) is 5.75 Å². The van der Waals surface area contributed by atoms with Crippen molar-refractivity contribution in [2.45, 2.75) is 5.75 Å². The summed E-state index contributed by atoms with van der Waals surface area (Å²) < 4.78 is 0. The summed E-state index contributed by atoms with van der Waals surface area (Å²) in [4.78, 5) is 24.1. The molecule has 0 radical (unpaired) electrons. The second-order valence-corrected chi connectivity index (χ2v) is 5.83. The summed E-state index contributed by atoms with van der Waals surface area (Å²) in [5.41, 5.74) is 6.47. The minimum Gasteiger partial charge on any atom is -0.267 e. The van der Waals surface area contributed by atoms with Gasteiger partial charge in [0.25, 0.3) is 11.8 Å². The van der Waals surface area contributed by atoms with Gasteiger partial charge in [-0.25, -0.2) is 0 Å². The van der Waals surface area contributed by atoms with E-state index in [9.17, 15) is 9.59 Å². The molecule has 0 fully saturated rings. The van der Waals surface area contributed by atoms with Crippen LogP contribution in [0, 0.1) is 0 Å². The maximum absolute atomic E-state index is 11.9. The predicted molar refractivity (Wildman–Crippen MR) is 82.9 cm³/mol. The minimum atomic E-state index is -0.328. The molecule has 2 amide bonds. The van der Waals surface area contributed by atoms with E-state index in [0.717, 1.165) is 11.3 Å². The fourth-order valence-electron chi connectivity index (χ4n) is 1.57. The van der Waals surface area contributed by atoms with Crippen LogP contribution in [0.5, 0.6) is 0 Å². The number of nitrogens with one attached hydrogen (secondary N) is 2. The second kappa shape index (κ2) is 7.12. The molecule has 104 valence electrons. The lowest BCUT2D eigenvalue weighted by atomic mass is 10.1. The number of thioether (sulfide) groups is 1. The number of benzene rings is 1. The van der Waals surface area contributed by atoms with Gasteiger partial charge in [0, 0.05) is 11.3 Å². The third-order valence-electron chi connectivity index (χ3n) is 2.56. The number of hydrogen-bond acceptors (Lipinski definition) is 4. The first-order chi connectivity index (χ1) is 9.70. The van der Waals surface area contributed by atoms with E-state index in [1.807, 2.05) is 18.4 Å². The molecule has 1 aromatic carbocycles. The molecular formula is C14H14N2O2S2. The molecule has 2 aromatic rings. The Morgan fingerprint density at radius 2 is 1.80 bits per heavy atom. The predicted octanol–water partition coefficient (Wildman–Crippen LogP) is 2.69. The fraction of sp³-hybridized carbons (Fsp3) is 0.143. The van der Waals surface area contributed by atoms with Gasteiger partial charge in [0.05, 0.1) is 4.88 Å². The van der Waals surface area contributed by atoms with Crippen molar-refractivity contribution in [1.29, 1.82) is 0 Å². The topological polar surface area (TPSA) is 58.2 Å². The van der Waals surface area contributed by atoms with E-state index in [1.165, 1.54) is 11.3 Å². The Bertz CT molecular complexity index is 580. The van der Waals surface area contributed by atoms with Crippen LogP contribution in [0.2, 0.25) is 0 Å². The van der Waals surface area contributed by atoms with Gasteiger partial charge in [0.1, 0.15) is 0 Å². The molecule has 2 N–H and O–H groups in total. The van der Waals surface area contributed by atoms with Gasteiger partial charge >= 0.3 is 0 Å². The Morgan fingerprint density at radius 1 is 1.10 bits per heavy atom. The first kappa shape index (κ1) is 14.6. The average Bonchev–Trinajstić information content (AvgIpc) is 3.00. The quantitative estimate of drug-likeness (QED) is 0.854. The fourth-order valence-corrected chi connectivity index (χ4v) is 2.72. The van der Waals surface area contributed by atoms with Crippen LogP contribution in [0.25, 0.3) is 0 Å². The van der Waals surface area contributed by atoms with Gasteiger partial charge in [-0.1, -0.05) is 18.2 Å². The molecule has 0 atom stereocenters. The summed E-state index contributed by atoms with van der Waals surface area (Å²) in [6.07, 6.45) is 2.03. The number of carbonyl (C=O) groups excluding carboxylic acids is 2. The summed E-state index contributed by atoms with van der Waals surface area (Å²) in [6, 6.07) is 10.8. The molecule has 0 aliphatic carbocycles. The van der Waals surface area contributed by atoms with E-state index < -0.39 is 0 Å². The Hall–Kier alpha value is -1.79. The summed E-state index contributed by atoms with van der Waals surface area (Å²) in [5, 5.41) is 1.81. The maximum atomic E-state index is 11.9. The number of hydrogen-bond donors (Lipinski definition) is 2. The van der Waals surface area contributed by atoms with E-state index in [2.05, 4.69) is 10.9 Å². The van der Waals surface area contributed by atoms with Gasteiger partial charge in [-0.2, -0.15) is 11.8 Å². The largest absolute Gasteiger partial charge is 0.279 e. The van der Waals surface area contributed by atoms with Crippen molar-refractivity contribution < 1.29 is 9.59 Å². The van der Waals surface area contributed by atoms with Crippen molar-refractivity contribution in [1.82, 2.24) is 10.9 Å². The molecule has 0 aliphatic rings. The minimum absolute atomic E-state index is 0.313. The first-order valence-electron chi connectivity index (χ1n) is 5.93. The molecule has 1 aromatic heterocycles. The maximum Gasteiger partial charge on any atom is 0.279 e. The van der Waals surface area contributed by atoms with Crippen molar-refractivity contribution >= 4 is 34.9 Å². The molecule has 20 heavy (non-hydrogen) atoms. The van der Waals surface area contributed by atoms with Crippen LogP contribution in [0.4, 0.5) is 0 Å². The van der Waals surface area contributed by atoms with Crippen LogP contribution in [0.3, 0.4) is 0 Å². The van der Waals surface area contributed by atoms with E-state index in [1.54, 1.807) is 41.4 Å². The summed E-state index contributed by atoms with van der Waals surface area (Å²) in [7, 11) is 0. The Labute approximate surface area is 125 Å². The number of thiophene rings is 1. The lowest BCUT2D eigenvalue weighted by molar-refractivity contribution is 0.0849. The van der Waals surface area contributed by atoms with Crippen LogP contribution < -0.4 is 10.9 Å². The molecule has 0 spiro atoms. The normalized spacial score (nSPS) is 10.1. The molecular weight excluding hydrogens is 292 g/mol. The standard InChI is InChI=1S/C14H14N2O2S2/c1-19-9-10-4-6-11(7-5-10)13(17)15-16-14(18)12-3-2-8-20-12/h2-8H,9H2,1H3,(H,15,17)(H,16,18). The molecule has 0 saturated carbocycles. The van der Waals surface area contributed by atoms with Crippen molar-refractivity contribution in [3.05, 3.63) is 57.8 Å². The van der Waals surface area contributed by atoms with Crippen LogP contribution in [0.1, 0.15) is 25.6 Å². The molecule has 0 aliphatic heterocycles. The summed E-state index contributed by atoms with van der Waals surface area (Å²) >= 11 is 3.05. The second-order valence-electron chi connectivity index (χ2n) is 4.02. The van der Waals surface area contributed by atoms with E-state index in [0.29, 0.717) is 10.4 Å². The molecule has 1 heterocycles. The molecule has 0 unspecified atom stereocenters. The highest BCUT2D eigenvalue weighted by Crippen LogP contribution is 2.10. The third kappa shape index (κ3) is 3.85. The highest BCUT2D eigenvalue weighted by Gasteiger charge is 2.09. The van der Waals surface area contributed by atoms with Crippen molar-refractivity contribution in [2.75, 3.05) is 6.26 Å². The zero-order valence-corrected chi connectivity index (χ0v) is 12.5. The number of rotatable bonds is 4. The van der Waals surface area contributed by atoms with Crippen LogP contribution >= 0.6 is 23.1 Å². The monoisotopic (exact) mass is 306 g/mol. The Kier molecular flexibility index (Phi) is 5.20. The molecule has 0 saturated heterocycles. The molecule has 6 heteroatoms. The van der Waals surface area contributed by atoms with E-state index in [-0.39, 0.29) is 11.8 Å². The number of hydrazine groups is 1. The van der Waals surface area contributed by atoms with E-state index >= 15 is 0 Å². The average molecular weight is 306 g/mol. The van der Waals surface area contributed by atoms with E-state index in [4.69, 9.17) is 0 Å². The van der Waals surface area contributed by atoms with Gasteiger partial charge < -0.3 is 0 Å². The van der Waals surface area contributed by atoms with Gasteiger partial charge in [0.2, 0.25) is 0 Å². The highest BCUT2D eigenvalue weighted by molar-refractivity contribution is 7.97. The zero-order chi connectivity index (χ0) is 14.4. The highest BCUT2D eigenvalue weighted by atomic mass is 32.2. The third-order valence-corrected chi connectivity index (χ3v) is 4.05. The summed E-state index contributed by atoms with van der Waals surface area (Å²) in [5.74, 6) is 0.273. The Balaban J connectivity index is 1.90. The molecule has 2 rings (SSSR count). The lowest BCUT2D eigenvalue weighted by Gasteiger charge is -2.07. The van der Waals surface area contributed by atoms with Crippen molar-refractivity contribution in [2.24, 2.45) is 0 Å². The first-order valence-corrected chi connectivity index (χ1v) is 8.20. The smallest absolute Gasteiger partial charge is 0.267 e. The number of amides is 2.